The van der Waals surface area contributed by atoms with Gasteiger partial charge in [-0.25, -0.2) is 0 Å². The second-order valence-corrected chi connectivity index (χ2v) is 7.80. The van der Waals surface area contributed by atoms with Crippen molar-refractivity contribution in [3.05, 3.63) is 0 Å². The number of aliphatic hydroxyl groups is 1. The Morgan fingerprint density at radius 3 is 2.59 bits per heavy atom. The van der Waals surface area contributed by atoms with E-state index < -0.39 is 6.29 Å². The van der Waals surface area contributed by atoms with E-state index in [1.54, 1.807) is 0 Å². The zero-order valence-electron chi connectivity index (χ0n) is 13.2. The molecule has 0 aromatic carbocycles. The van der Waals surface area contributed by atoms with Crippen LogP contribution >= 0.6 is 18.9 Å². The molecule has 0 aromatic heterocycles. The number of rotatable bonds is 6. The molecular formula is C16H30O4P2. The molecule has 6 unspecified atom stereocenters. The van der Waals surface area contributed by atoms with Gasteiger partial charge in [-0.3, -0.25) is 0 Å². The zero-order chi connectivity index (χ0) is 15.5. The molecule has 0 amide bonds. The molecule has 2 saturated carbocycles. The van der Waals surface area contributed by atoms with Crippen molar-refractivity contribution in [1.82, 2.24) is 0 Å². The number of fused-ring (bicyclic) bond motifs is 1. The van der Waals surface area contributed by atoms with Gasteiger partial charge in [0.25, 0.3) is 0 Å². The quantitative estimate of drug-likeness (QED) is 0.747. The summed E-state index contributed by atoms with van der Waals surface area (Å²) < 4.78 is 17.0. The van der Waals surface area contributed by atoms with Gasteiger partial charge < -0.3 is 18.9 Å². The van der Waals surface area contributed by atoms with Gasteiger partial charge in [-0.2, -0.15) is 0 Å². The SMILES string of the molecule is OC1C[C@H]2C(CC(OP)[C@@H]2CCC(OP)C2CCCCC2)O1. The van der Waals surface area contributed by atoms with Crippen LogP contribution in [0.2, 0.25) is 0 Å². The predicted octanol–water partition coefficient (Wildman–Crippen LogP) is 3.44. The van der Waals surface area contributed by atoms with Gasteiger partial charge in [0.15, 0.2) is 6.29 Å². The van der Waals surface area contributed by atoms with E-state index >= 15 is 0 Å². The Balaban J connectivity index is 1.56. The molecule has 0 spiro atoms. The van der Waals surface area contributed by atoms with Gasteiger partial charge >= 0.3 is 0 Å². The zero-order valence-corrected chi connectivity index (χ0v) is 15.5. The van der Waals surface area contributed by atoms with E-state index in [2.05, 4.69) is 18.9 Å². The lowest BCUT2D eigenvalue weighted by Gasteiger charge is -2.31. The molecule has 0 radical (unpaired) electrons. The lowest BCUT2D eigenvalue weighted by atomic mass is 9.81. The normalized spacial score (nSPS) is 40.8. The summed E-state index contributed by atoms with van der Waals surface area (Å²) in [4.78, 5) is 0. The van der Waals surface area contributed by atoms with Crippen molar-refractivity contribution in [3.63, 3.8) is 0 Å². The maximum Gasteiger partial charge on any atom is 0.155 e. The fraction of sp³-hybridized carbons (Fsp3) is 1.00. The third-order valence-electron chi connectivity index (χ3n) is 6.09. The van der Waals surface area contributed by atoms with Gasteiger partial charge in [0.1, 0.15) is 0 Å². The minimum absolute atomic E-state index is 0.176. The minimum Gasteiger partial charge on any atom is -0.368 e. The fourth-order valence-electron chi connectivity index (χ4n) is 4.94. The van der Waals surface area contributed by atoms with Crippen LogP contribution in [0.1, 0.15) is 57.8 Å². The lowest BCUT2D eigenvalue weighted by Crippen LogP contribution is -2.27. The first-order valence-electron chi connectivity index (χ1n) is 8.77. The van der Waals surface area contributed by atoms with Gasteiger partial charge in [-0.05, 0) is 43.4 Å². The average molecular weight is 348 g/mol. The monoisotopic (exact) mass is 348 g/mol. The van der Waals surface area contributed by atoms with Crippen molar-refractivity contribution in [2.45, 2.75) is 82.4 Å². The van der Waals surface area contributed by atoms with Crippen LogP contribution in [-0.2, 0) is 13.8 Å². The molecule has 4 nitrogen and oxygen atoms in total. The molecule has 1 aliphatic heterocycles. The first-order chi connectivity index (χ1) is 10.7. The Morgan fingerprint density at radius 1 is 1.14 bits per heavy atom. The first kappa shape index (κ1) is 17.5. The van der Waals surface area contributed by atoms with Crippen molar-refractivity contribution >= 4 is 18.9 Å². The van der Waals surface area contributed by atoms with Gasteiger partial charge in [0, 0.05) is 31.8 Å². The molecule has 0 aromatic rings. The van der Waals surface area contributed by atoms with Gasteiger partial charge in [0.05, 0.1) is 18.3 Å². The third-order valence-corrected chi connectivity index (χ3v) is 6.78. The van der Waals surface area contributed by atoms with Crippen LogP contribution in [0, 0.1) is 17.8 Å². The largest absolute Gasteiger partial charge is 0.368 e. The molecular weight excluding hydrogens is 318 g/mol. The molecule has 1 heterocycles. The molecule has 6 heteroatoms. The summed E-state index contributed by atoms with van der Waals surface area (Å²) >= 11 is 0. The van der Waals surface area contributed by atoms with E-state index in [0.29, 0.717) is 23.9 Å². The van der Waals surface area contributed by atoms with Gasteiger partial charge in [-0.15, -0.1) is 0 Å². The molecule has 3 aliphatic rings. The highest BCUT2D eigenvalue weighted by molar-refractivity contribution is 7.10. The topological polar surface area (TPSA) is 47.9 Å². The Bertz CT molecular complexity index is 351. The van der Waals surface area contributed by atoms with Crippen LogP contribution in [0.25, 0.3) is 0 Å². The summed E-state index contributed by atoms with van der Waals surface area (Å²) in [5.74, 6) is 1.63. The molecule has 22 heavy (non-hydrogen) atoms. The fourth-order valence-corrected chi connectivity index (χ4v) is 5.61. The predicted molar refractivity (Wildman–Crippen MR) is 92.1 cm³/mol. The maximum absolute atomic E-state index is 9.74. The molecule has 0 bridgehead atoms. The van der Waals surface area contributed by atoms with E-state index in [1.807, 2.05) is 0 Å². The van der Waals surface area contributed by atoms with Crippen LogP contribution in [0.5, 0.6) is 0 Å². The smallest absolute Gasteiger partial charge is 0.155 e. The highest BCUT2D eigenvalue weighted by atomic mass is 31.0. The third kappa shape index (κ3) is 3.85. The van der Waals surface area contributed by atoms with E-state index in [1.165, 1.54) is 32.1 Å². The van der Waals surface area contributed by atoms with E-state index in [9.17, 15) is 5.11 Å². The Labute approximate surface area is 138 Å². The summed E-state index contributed by atoms with van der Waals surface area (Å²) in [6.45, 7) is 0. The molecule has 128 valence electrons. The van der Waals surface area contributed by atoms with Crippen LogP contribution in [0.4, 0.5) is 0 Å². The standard InChI is InChI=1S/C16H30O4P2/c17-16-8-12-11(15(20-22)9-14(12)18-16)6-7-13(19-21)10-4-2-1-3-5-10/h10-17H,1-9,21-22H2/t11-,12-,13?,14?,15?,16?/m1/s1. The van der Waals surface area contributed by atoms with Crippen LogP contribution in [0.3, 0.4) is 0 Å². The average Bonchev–Trinajstić information content (AvgIpc) is 3.05. The van der Waals surface area contributed by atoms with E-state index in [4.69, 9.17) is 13.8 Å². The van der Waals surface area contributed by atoms with Crippen molar-refractivity contribution in [2.75, 3.05) is 0 Å². The molecule has 8 atom stereocenters. The highest BCUT2D eigenvalue weighted by Gasteiger charge is 2.49. The molecule has 1 saturated heterocycles. The van der Waals surface area contributed by atoms with Crippen molar-refractivity contribution in [1.29, 1.82) is 0 Å². The Hall–Kier alpha value is 0.700. The minimum atomic E-state index is -0.574. The number of hydrogen-bond donors (Lipinski definition) is 1. The summed E-state index contributed by atoms with van der Waals surface area (Å²) in [7, 11) is 4.90. The molecule has 1 N–H and O–H groups in total. The highest BCUT2D eigenvalue weighted by Crippen LogP contribution is 2.47. The number of hydrogen-bond acceptors (Lipinski definition) is 4. The second-order valence-electron chi connectivity index (χ2n) is 7.25. The summed E-state index contributed by atoms with van der Waals surface area (Å²) in [6, 6.07) is 0. The second kappa shape index (κ2) is 8.19. The van der Waals surface area contributed by atoms with Gasteiger partial charge in [-0.1, -0.05) is 19.3 Å². The van der Waals surface area contributed by atoms with Crippen molar-refractivity contribution < 1.29 is 18.9 Å². The Kier molecular flexibility index (Phi) is 6.52. The van der Waals surface area contributed by atoms with Crippen LogP contribution in [-0.4, -0.2) is 29.7 Å². The van der Waals surface area contributed by atoms with Crippen molar-refractivity contribution in [3.8, 4) is 0 Å². The van der Waals surface area contributed by atoms with Crippen LogP contribution < -0.4 is 0 Å². The molecule has 3 rings (SSSR count). The van der Waals surface area contributed by atoms with Crippen LogP contribution in [0.15, 0.2) is 0 Å². The maximum atomic E-state index is 9.74. The summed E-state index contributed by atoms with van der Waals surface area (Å²) in [6.07, 6.45) is 10.7. The van der Waals surface area contributed by atoms with Crippen molar-refractivity contribution in [2.24, 2.45) is 17.8 Å². The first-order valence-corrected chi connectivity index (χ1v) is 9.71. The summed E-state index contributed by atoms with van der Waals surface area (Å²) in [5, 5.41) is 9.74. The van der Waals surface area contributed by atoms with Gasteiger partial charge in [0.2, 0.25) is 0 Å². The number of ether oxygens (including phenoxy) is 1. The summed E-state index contributed by atoms with van der Waals surface area (Å²) in [5.41, 5.74) is 0. The molecule has 3 fully saturated rings. The number of aliphatic hydroxyl groups excluding tert-OH is 1. The molecule has 2 aliphatic carbocycles. The van der Waals surface area contributed by atoms with E-state index in [-0.39, 0.29) is 12.2 Å². The Morgan fingerprint density at radius 2 is 1.91 bits per heavy atom. The van der Waals surface area contributed by atoms with E-state index in [0.717, 1.165) is 25.7 Å². The lowest BCUT2D eigenvalue weighted by molar-refractivity contribution is -0.0939.